The second-order valence-corrected chi connectivity index (χ2v) is 6.78. The van der Waals surface area contributed by atoms with Crippen molar-refractivity contribution in [1.29, 1.82) is 0 Å². The lowest BCUT2D eigenvalue weighted by Gasteiger charge is -2.12. The summed E-state index contributed by atoms with van der Waals surface area (Å²) >= 11 is 0. The average Bonchev–Trinajstić information content (AvgIpc) is 3.05. The van der Waals surface area contributed by atoms with Gasteiger partial charge >= 0.3 is 0 Å². The van der Waals surface area contributed by atoms with E-state index in [0.29, 0.717) is 28.5 Å². The number of nitrogens with zero attached hydrogens (tertiary/aromatic N) is 4. The van der Waals surface area contributed by atoms with Crippen molar-refractivity contribution in [3.8, 4) is 5.75 Å². The molecule has 2 heterocycles. The number of methoxy groups -OCH3 is 1. The number of aromatic nitrogens is 4. The van der Waals surface area contributed by atoms with E-state index in [1.807, 2.05) is 25.1 Å². The third-order valence-electron chi connectivity index (χ3n) is 4.68. The third-order valence-corrected chi connectivity index (χ3v) is 4.68. The van der Waals surface area contributed by atoms with Gasteiger partial charge in [-0.3, -0.25) is 4.79 Å². The molecule has 0 atom stereocenters. The molecule has 152 valence electrons. The molecular formula is C21H21N7O2. The summed E-state index contributed by atoms with van der Waals surface area (Å²) < 4.78 is 6.82. The molecule has 30 heavy (non-hydrogen) atoms. The van der Waals surface area contributed by atoms with Crippen LogP contribution in [0.2, 0.25) is 0 Å². The van der Waals surface area contributed by atoms with Crippen LogP contribution in [0.4, 0.5) is 23.1 Å². The SMILES string of the molecule is COc1cccc(C(=O)Nc2ccc(C)c(Nc3nn(C)c4nc(N)ncc34)c2)c1. The van der Waals surface area contributed by atoms with Gasteiger partial charge in [0.2, 0.25) is 5.95 Å². The summed E-state index contributed by atoms with van der Waals surface area (Å²) in [5.41, 5.74) is 9.26. The lowest BCUT2D eigenvalue weighted by atomic mass is 10.1. The first-order chi connectivity index (χ1) is 14.4. The molecule has 2 aromatic carbocycles. The molecule has 0 radical (unpaired) electrons. The highest BCUT2D eigenvalue weighted by atomic mass is 16.5. The molecule has 0 aliphatic carbocycles. The van der Waals surface area contributed by atoms with Crippen molar-refractivity contribution in [2.24, 2.45) is 7.05 Å². The van der Waals surface area contributed by atoms with E-state index in [-0.39, 0.29) is 11.9 Å². The number of carbonyl (C=O) groups excluding carboxylic acids is 1. The summed E-state index contributed by atoms with van der Waals surface area (Å²) in [5.74, 6) is 1.19. The molecule has 4 aromatic rings. The molecule has 4 rings (SSSR count). The Labute approximate surface area is 172 Å². The van der Waals surface area contributed by atoms with E-state index in [4.69, 9.17) is 10.5 Å². The van der Waals surface area contributed by atoms with E-state index >= 15 is 0 Å². The first kappa shape index (κ1) is 19.2. The fraction of sp³-hybridized carbons (Fsp3) is 0.143. The zero-order valence-electron chi connectivity index (χ0n) is 16.8. The van der Waals surface area contributed by atoms with Crippen LogP contribution in [0, 0.1) is 6.92 Å². The molecule has 1 amide bonds. The molecule has 0 aliphatic heterocycles. The lowest BCUT2D eigenvalue weighted by Crippen LogP contribution is -2.12. The number of nitrogens with one attached hydrogen (secondary N) is 2. The average molecular weight is 403 g/mol. The minimum absolute atomic E-state index is 0.190. The Balaban J connectivity index is 1.60. The highest BCUT2D eigenvalue weighted by Gasteiger charge is 2.13. The number of anilines is 4. The first-order valence-corrected chi connectivity index (χ1v) is 9.23. The van der Waals surface area contributed by atoms with Gasteiger partial charge in [0.15, 0.2) is 11.5 Å². The van der Waals surface area contributed by atoms with Crippen molar-refractivity contribution in [2.45, 2.75) is 6.92 Å². The van der Waals surface area contributed by atoms with Crippen LogP contribution in [-0.2, 0) is 7.05 Å². The molecule has 0 bridgehead atoms. The summed E-state index contributed by atoms with van der Waals surface area (Å²) in [7, 11) is 3.35. The standard InChI is InChI=1S/C21H21N7O2/c1-12-7-8-14(24-20(29)13-5-4-6-15(9-13)30-3)10-17(12)25-18-16-11-23-21(22)26-19(16)28(2)27-18/h4-11H,1-3H3,(H,24,29)(H,25,27)(H2,22,23,26). The van der Waals surface area contributed by atoms with Crippen LogP contribution in [-0.4, -0.2) is 32.8 Å². The van der Waals surface area contributed by atoms with Crippen molar-refractivity contribution in [3.05, 3.63) is 59.8 Å². The van der Waals surface area contributed by atoms with Crippen LogP contribution in [0.3, 0.4) is 0 Å². The number of ether oxygens (including phenoxy) is 1. The van der Waals surface area contributed by atoms with Gasteiger partial charge in [0.1, 0.15) is 5.75 Å². The maximum atomic E-state index is 12.6. The van der Waals surface area contributed by atoms with Gasteiger partial charge in [0.05, 0.1) is 12.5 Å². The van der Waals surface area contributed by atoms with E-state index in [1.165, 1.54) is 0 Å². The minimum Gasteiger partial charge on any atom is -0.497 e. The molecule has 9 nitrogen and oxygen atoms in total. The number of nitrogen functional groups attached to an aromatic ring is 1. The maximum absolute atomic E-state index is 12.6. The monoisotopic (exact) mass is 403 g/mol. The summed E-state index contributed by atoms with van der Waals surface area (Å²) in [6.45, 7) is 1.97. The number of nitrogens with two attached hydrogens (primary N) is 1. The number of amides is 1. The zero-order valence-corrected chi connectivity index (χ0v) is 16.8. The lowest BCUT2D eigenvalue weighted by molar-refractivity contribution is 0.102. The van der Waals surface area contributed by atoms with Crippen LogP contribution < -0.4 is 21.1 Å². The predicted molar refractivity (Wildman–Crippen MR) is 116 cm³/mol. The van der Waals surface area contributed by atoms with Gasteiger partial charge in [-0.2, -0.15) is 10.1 Å². The predicted octanol–water partition coefficient (Wildman–Crippen LogP) is 3.26. The Kier molecular flexibility index (Phi) is 4.93. The molecule has 0 unspecified atom stereocenters. The van der Waals surface area contributed by atoms with Crippen molar-refractivity contribution in [2.75, 3.05) is 23.5 Å². The molecule has 0 saturated carbocycles. The van der Waals surface area contributed by atoms with Gasteiger partial charge in [0, 0.05) is 30.2 Å². The van der Waals surface area contributed by atoms with Gasteiger partial charge in [0.25, 0.3) is 5.91 Å². The van der Waals surface area contributed by atoms with Crippen molar-refractivity contribution in [3.63, 3.8) is 0 Å². The molecule has 9 heteroatoms. The van der Waals surface area contributed by atoms with Gasteiger partial charge in [-0.25, -0.2) is 9.67 Å². The number of hydrogen-bond acceptors (Lipinski definition) is 7. The zero-order chi connectivity index (χ0) is 21.3. The molecule has 0 spiro atoms. The molecule has 0 saturated heterocycles. The molecule has 2 aromatic heterocycles. The maximum Gasteiger partial charge on any atom is 0.255 e. The smallest absolute Gasteiger partial charge is 0.255 e. The summed E-state index contributed by atoms with van der Waals surface area (Å²) in [6.07, 6.45) is 1.64. The van der Waals surface area contributed by atoms with E-state index in [2.05, 4.69) is 25.7 Å². The van der Waals surface area contributed by atoms with Crippen LogP contribution in [0.1, 0.15) is 15.9 Å². The largest absolute Gasteiger partial charge is 0.497 e. The number of benzene rings is 2. The van der Waals surface area contributed by atoms with Crippen molar-refractivity contribution < 1.29 is 9.53 Å². The Morgan fingerprint density at radius 1 is 1.20 bits per heavy atom. The fourth-order valence-corrected chi connectivity index (χ4v) is 3.07. The number of carbonyl (C=O) groups is 1. The summed E-state index contributed by atoms with van der Waals surface area (Å²) in [5, 5.41) is 11.4. The van der Waals surface area contributed by atoms with E-state index < -0.39 is 0 Å². The summed E-state index contributed by atoms with van der Waals surface area (Å²) in [6, 6.07) is 12.6. The molecule has 4 N–H and O–H groups in total. The van der Waals surface area contributed by atoms with Crippen molar-refractivity contribution >= 4 is 40.1 Å². The Morgan fingerprint density at radius 2 is 2.03 bits per heavy atom. The second-order valence-electron chi connectivity index (χ2n) is 6.78. The van der Waals surface area contributed by atoms with Crippen LogP contribution in [0.25, 0.3) is 11.0 Å². The number of rotatable bonds is 5. The van der Waals surface area contributed by atoms with Gasteiger partial charge in [-0.1, -0.05) is 12.1 Å². The fourth-order valence-electron chi connectivity index (χ4n) is 3.07. The second kappa shape index (κ2) is 7.70. The first-order valence-electron chi connectivity index (χ1n) is 9.23. The van der Waals surface area contributed by atoms with E-state index in [9.17, 15) is 4.79 Å². The number of hydrogen-bond donors (Lipinski definition) is 3. The Bertz CT molecular complexity index is 1250. The van der Waals surface area contributed by atoms with Gasteiger partial charge < -0.3 is 21.1 Å². The highest BCUT2D eigenvalue weighted by Crippen LogP contribution is 2.28. The van der Waals surface area contributed by atoms with Gasteiger partial charge in [-0.15, -0.1) is 0 Å². The highest BCUT2D eigenvalue weighted by molar-refractivity contribution is 6.04. The quantitative estimate of drug-likeness (QED) is 0.468. The number of aryl methyl sites for hydroxylation is 2. The van der Waals surface area contributed by atoms with Crippen LogP contribution in [0.5, 0.6) is 5.75 Å². The summed E-state index contributed by atoms with van der Waals surface area (Å²) in [4.78, 5) is 20.9. The Morgan fingerprint density at radius 3 is 2.83 bits per heavy atom. The number of fused-ring (bicyclic) bond motifs is 1. The molecule has 0 aliphatic rings. The molecular weight excluding hydrogens is 382 g/mol. The normalized spacial score (nSPS) is 10.8. The van der Waals surface area contributed by atoms with E-state index in [0.717, 1.165) is 16.6 Å². The van der Waals surface area contributed by atoms with Crippen molar-refractivity contribution in [1.82, 2.24) is 19.7 Å². The van der Waals surface area contributed by atoms with Crippen LogP contribution in [0.15, 0.2) is 48.7 Å². The third kappa shape index (κ3) is 3.72. The van der Waals surface area contributed by atoms with Crippen LogP contribution >= 0.6 is 0 Å². The Hall–Kier alpha value is -4.14. The topological polar surface area (TPSA) is 120 Å². The van der Waals surface area contributed by atoms with E-state index in [1.54, 1.807) is 49.3 Å². The van der Waals surface area contributed by atoms with Gasteiger partial charge in [-0.05, 0) is 42.8 Å². The minimum atomic E-state index is -0.226. The molecule has 0 fully saturated rings.